The van der Waals surface area contributed by atoms with E-state index in [1.807, 2.05) is 0 Å². The van der Waals surface area contributed by atoms with Crippen molar-refractivity contribution in [2.75, 3.05) is 13.1 Å². The molecule has 0 aromatic heterocycles. The predicted molar refractivity (Wildman–Crippen MR) is 84.4 cm³/mol. The Morgan fingerprint density at radius 2 is 1.55 bits per heavy atom. The minimum absolute atomic E-state index is 0.0403. The van der Waals surface area contributed by atoms with Gasteiger partial charge in [-0.15, -0.1) is 0 Å². The summed E-state index contributed by atoms with van der Waals surface area (Å²) in [6.45, 7) is 1.78. The molecule has 2 atom stereocenters. The highest BCUT2D eigenvalue weighted by Crippen LogP contribution is 2.44. The van der Waals surface area contributed by atoms with Crippen LogP contribution >= 0.6 is 0 Å². The van der Waals surface area contributed by atoms with E-state index in [1.165, 1.54) is 38.5 Å². The van der Waals surface area contributed by atoms with Crippen LogP contribution in [0.25, 0.3) is 0 Å². The molecular formula is C18H29NO3. The van der Waals surface area contributed by atoms with Crippen LogP contribution in [0.2, 0.25) is 0 Å². The van der Waals surface area contributed by atoms with Crippen LogP contribution in [0, 0.1) is 17.3 Å². The Bertz CT molecular complexity index is 428. The lowest BCUT2D eigenvalue weighted by Gasteiger charge is -2.36. The second-order valence-electron chi connectivity index (χ2n) is 7.78. The van der Waals surface area contributed by atoms with Gasteiger partial charge in [0.15, 0.2) is 0 Å². The van der Waals surface area contributed by atoms with Crippen molar-refractivity contribution in [3.05, 3.63) is 0 Å². The second kappa shape index (κ2) is 6.59. The van der Waals surface area contributed by atoms with Crippen molar-refractivity contribution in [2.24, 2.45) is 17.3 Å². The van der Waals surface area contributed by atoms with E-state index in [0.29, 0.717) is 18.3 Å². The van der Waals surface area contributed by atoms with E-state index >= 15 is 0 Å². The van der Waals surface area contributed by atoms with Gasteiger partial charge in [0.05, 0.1) is 5.92 Å². The van der Waals surface area contributed by atoms with Gasteiger partial charge in [0.2, 0.25) is 5.91 Å². The number of carbonyl (C=O) groups excluding carboxylic acids is 1. The summed E-state index contributed by atoms with van der Waals surface area (Å²) in [5.41, 5.74) is 0.507. The van der Waals surface area contributed by atoms with E-state index in [9.17, 15) is 9.59 Å². The van der Waals surface area contributed by atoms with Crippen LogP contribution in [-0.2, 0) is 9.59 Å². The summed E-state index contributed by atoms with van der Waals surface area (Å²) in [5, 5.41) is 9.11. The van der Waals surface area contributed by atoms with Gasteiger partial charge in [0, 0.05) is 19.0 Å². The van der Waals surface area contributed by atoms with Gasteiger partial charge in [-0.25, -0.2) is 0 Å². The molecule has 22 heavy (non-hydrogen) atoms. The van der Waals surface area contributed by atoms with Crippen LogP contribution in [0.4, 0.5) is 0 Å². The maximum atomic E-state index is 12.7. The molecule has 0 aromatic rings. The summed E-state index contributed by atoms with van der Waals surface area (Å²) >= 11 is 0. The summed E-state index contributed by atoms with van der Waals surface area (Å²) < 4.78 is 0. The van der Waals surface area contributed by atoms with Gasteiger partial charge in [-0.1, -0.05) is 19.3 Å². The number of carbonyl (C=O) groups is 2. The SMILES string of the molecule is O=C(O)[C@@H]1CC[C@H](C(=O)N2CCCC3(CCCCC3)CC2)C1. The molecule has 1 spiro atoms. The first-order chi connectivity index (χ1) is 10.6. The van der Waals surface area contributed by atoms with E-state index in [4.69, 9.17) is 5.11 Å². The fourth-order valence-electron chi connectivity index (χ4n) is 4.96. The Hall–Kier alpha value is -1.06. The van der Waals surface area contributed by atoms with Crippen LogP contribution in [0.5, 0.6) is 0 Å². The summed E-state index contributed by atoms with van der Waals surface area (Å²) in [4.78, 5) is 25.9. The number of hydrogen-bond donors (Lipinski definition) is 1. The standard InChI is InChI=1S/C18H29NO3/c20-16(14-5-6-15(13-14)17(21)22)19-11-4-9-18(10-12-19)7-2-1-3-8-18/h14-15H,1-13H2,(H,21,22)/t14-,15+/m0/s1. The monoisotopic (exact) mass is 307 g/mol. The van der Waals surface area contributed by atoms with Crippen molar-refractivity contribution in [3.8, 4) is 0 Å². The molecule has 3 aliphatic rings. The third-order valence-corrected chi connectivity index (χ3v) is 6.40. The van der Waals surface area contributed by atoms with E-state index in [-0.39, 0.29) is 17.7 Å². The summed E-state index contributed by atoms with van der Waals surface area (Å²) in [6, 6.07) is 0. The quantitative estimate of drug-likeness (QED) is 0.850. The molecule has 1 aliphatic heterocycles. The molecule has 0 unspecified atom stereocenters. The zero-order valence-corrected chi connectivity index (χ0v) is 13.6. The molecule has 2 aliphatic carbocycles. The molecule has 3 fully saturated rings. The minimum atomic E-state index is -0.729. The molecular weight excluding hydrogens is 278 g/mol. The molecule has 4 heteroatoms. The van der Waals surface area contributed by atoms with Crippen LogP contribution in [0.3, 0.4) is 0 Å². The number of carboxylic acid groups (broad SMARTS) is 1. The highest BCUT2D eigenvalue weighted by molar-refractivity contribution is 5.81. The van der Waals surface area contributed by atoms with E-state index < -0.39 is 5.97 Å². The Labute approximate surface area is 133 Å². The van der Waals surface area contributed by atoms with Gasteiger partial charge >= 0.3 is 5.97 Å². The summed E-state index contributed by atoms with van der Waals surface area (Å²) in [5.74, 6) is -0.837. The molecule has 0 radical (unpaired) electrons. The molecule has 0 bridgehead atoms. The zero-order chi connectivity index (χ0) is 15.6. The number of nitrogens with zero attached hydrogens (tertiary/aromatic N) is 1. The fourth-order valence-corrected chi connectivity index (χ4v) is 4.96. The Kier molecular flexibility index (Phi) is 4.74. The number of amides is 1. The van der Waals surface area contributed by atoms with Gasteiger partial charge < -0.3 is 10.0 Å². The molecule has 124 valence electrons. The maximum Gasteiger partial charge on any atom is 0.306 e. The molecule has 1 N–H and O–H groups in total. The highest BCUT2D eigenvalue weighted by Gasteiger charge is 2.38. The number of hydrogen-bond acceptors (Lipinski definition) is 2. The Morgan fingerprint density at radius 3 is 2.23 bits per heavy atom. The number of rotatable bonds is 2. The highest BCUT2D eigenvalue weighted by atomic mass is 16.4. The van der Waals surface area contributed by atoms with E-state index in [0.717, 1.165) is 32.4 Å². The van der Waals surface area contributed by atoms with Crippen LogP contribution in [0.15, 0.2) is 0 Å². The van der Waals surface area contributed by atoms with E-state index in [1.54, 1.807) is 0 Å². The number of aliphatic carboxylic acids is 1. The van der Waals surface area contributed by atoms with Gasteiger partial charge in [0.1, 0.15) is 0 Å². The van der Waals surface area contributed by atoms with Crippen molar-refractivity contribution in [1.29, 1.82) is 0 Å². The van der Waals surface area contributed by atoms with Crippen LogP contribution in [0.1, 0.15) is 70.6 Å². The predicted octanol–water partition coefficient (Wildman–Crippen LogP) is 3.45. The first-order valence-electron chi connectivity index (χ1n) is 9.11. The van der Waals surface area contributed by atoms with E-state index in [2.05, 4.69) is 4.90 Å². The molecule has 2 saturated carbocycles. The van der Waals surface area contributed by atoms with Crippen molar-refractivity contribution < 1.29 is 14.7 Å². The molecule has 1 amide bonds. The van der Waals surface area contributed by atoms with Crippen molar-refractivity contribution in [1.82, 2.24) is 4.90 Å². The van der Waals surface area contributed by atoms with Crippen molar-refractivity contribution in [3.63, 3.8) is 0 Å². The maximum absolute atomic E-state index is 12.7. The van der Waals surface area contributed by atoms with Crippen molar-refractivity contribution in [2.45, 2.75) is 70.6 Å². The molecule has 1 heterocycles. The normalized spacial score (nSPS) is 31.9. The molecule has 1 saturated heterocycles. The van der Waals surface area contributed by atoms with Gasteiger partial charge in [-0.05, 0) is 56.8 Å². The lowest BCUT2D eigenvalue weighted by atomic mass is 9.69. The van der Waals surface area contributed by atoms with Gasteiger partial charge in [-0.2, -0.15) is 0 Å². The first kappa shape index (κ1) is 15.8. The lowest BCUT2D eigenvalue weighted by molar-refractivity contribution is -0.141. The number of likely N-dealkylation sites (tertiary alicyclic amines) is 1. The molecule has 3 rings (SSSR count). The third-order valence-electron chi connectivity index (χ3n) is 6.40. The smallest absolute Gasteiger partial charge is 0.306 e. The Morgan fingerprint density at radius 1 is 0.864 bits per heavy atom. The van der Waals surface area contributed by atoms with Gasteiger partial charge in [0.25, 0.3) is 0 Å². The van der Waals surface area contributed by atoms with Gasteiger partial charge in [-0.3, -0.25) is 9.59 Å². The van der Waals surface area contributed by atoms with Crippen molar-refractivity contribution >= 4 is 11.9 Å². The molecule has 4 nitrogen and oxygen atoms in total. The zero-order valence-electron chi connectivity index (χ0n) is 13.6. The summed E-state index contributed by atoms with van der Waals surface area (Å²) in [7, 11) is 0. The largest absolute Gasteiger partial charge is 0.481 e. The first-order valence-corrected chi connectivity index (χ1v) is 9.11. The molecule has 0 aromatic carbocycles. The minimum Gasteiger partial charge on any atom is -0.481 e. The van der Waals surface area contributed by atoms with Crippen LogP contribution < -0.4 is 0 Å². The second-order valence-corrected chi connectivity index (χ2v) is 7.78. The number of carboxylic acids is 1. The van der Waals surface area contributed by atoms with Crippen LogP contribution in [-0.4, -0.2) is 35.0 Å². The topological polar surface area (TPSA) is 57.6 Å². The fraction of sp³-hybridized carbons (Fsp3) is 0.889. The summed E-state index contributed by atoms with van der Waals surface area (Å²) in [6.07, 6.45) is 12.3. The third kappa shape index (κ3) is 3.31. The average molecular weight is 307 g/mol. The average Bonchev–Trinajstić information content (AvgIpc) is 2.93. The Balaban J connectivity index is 1.56. The lowest BCUT2D eigenvalue weighted by Crippen LogP contribution is -2.37.